The molecule has 1 aliphatic rings. The Hall–Kier alpha value is -2.05. The fourth-order valence-corrected chi connectivity index (χ4v) is 3.67. The lowest BCUT2D eigenvalue weighted by Crippen LogP contribution is -2.34. The molecule has 4 nitrogen and oxygen atoms in total. The highest BCUT2D eigenvalue weighted by Crippen LogP contribution is 2.32. The van der Waals surface area contributed by atoms with Crippen molar-refractivity contribution in [2.75, 3.05) is 16.8 Å². The Morgan fingerprint density at radius 2 is 1.87 bits per heavy atom. The van der Waals surface area contributed by atoms with Crippen LogP contribution in [-0.2, 0) is 4.79 Å². The Bertz CT molecular complexity index is 704. The van der Waals surface area contributed by atoms with Crippen LogP contribution in [0.3, 0.4) is 0 Å². The number of carbonyl (C=O) groups is 1. The molecule has 0 aromatic heterocycles. The molecule has 1 atom stereocenters. The van der Waals surface area contributed by atoms with Crippen molar-refractivity contribution in [2.24, 2.45) is 0 Å². The first kappa shape index (κ1) is 15.8. The van der Waals surface area contributed by atoms with Gasteiger partial charge < -0.3 is 10.1 Å². The number of carbonyl (C=O) groups excluding carboxylic acids is 1. The number of nitrogens with one attached hydrogen (secondary N) is 1. The Morgan fingerprint density at radius 3 is 2.52 bits per heavy atom. The number of benzene rings is 2. The van der Waals surface area contributed by atoms with Gasteiger partial charge in [-0.1, -0.05) is 42.2 Å². The van der Waals surface area contributed by atoms with Gasteiger partial charge in [0.1, 0.15) is 10.1 Å². The average molecular weight is 344 g/mol. The smallest absolute Gasteiger partial charge is 0.266 e. The van der Waals surface area contributed by atoms with Gasteiger partial charge in [0.2, 0.25) is 0 Å². The Balaban J connectivity index is 1.72. The zero-order valence-electron chi connectivity index (χ0n) is 12.6. The molecular formula is C17H16N2O2S2. The molecule has 2 aromatic carbocycles. The molecule has 0 saturated carbocycles. The third-order valence-electron chi connectivity index (χ3n) is 3.32. The third-order valence-corrected chi connectivity index (χ3v) is 4.73. The fourth-order valence-electron chi connectivity index (χ4n) is 2.28. The van der Waals surface area contributed by atoms with E-state index in [1.807, 2.05) is 61.5 Å². The van der Waals surface area contributed by atoms with Crippen LogP contribution in [0.2, 0.25) is 0 Å². The molecule has 0 radical (unpaired) electrons. The lowest BCUT2D eigenvalue weighted by Gasteiger charge is -2.16. The largest absolute Gasteiger partial charge is 0.494 e. The molecule has 1 saturated heterocycles. The van der Waals surface area contributed by atoms with Crippen LogP contribution in [0, 0.1) is 0 Å². The molecule has 1 fully saturated rings. The minimum Gasteiger partial charge on any atom is -0.494 e. The molecule has 23 heavy (non-hydrogen) atoms. The van der Waals surface area contributed by atoms with Gasteiger partial charge in [-0.2, -0.15) is 0 Å². The van der Waals surface area contributed by atoms with E-state index in [1.165, 1.54) is 11.8 Å². The summed E-state index contributed by atoms with van der Waals surface area (Å²) in [5, 5.41) is 2.80. The van der Waals surface area contributed by atoms with Crippen molar-refractivity contribution in [3.05, 3.63) is 54.6 Å². The zero-order chi connectivity index (χ0) is 16.2. The van der Waals surface area contributed by atoms with Crippen molar-refractivity contribution in [3.63, 3.8) is 0 Å². The molecule has 1 unspecified atom stereocenters. The normalized spacial score (nSPS) is 17.4. The predicted octanol–water partition coefficient (Wildman–Crippen LogP) is 3.89. The molecule has 1 heterocycles. The Morgan fingerprint density at radius 1 is 1.17 bits per heavy atom. The van der Waals surface area contributed by atoms with Crippen molar-refractivity contribution in [2.45, 2.75) is 12.3 Å². The summed E-state index contributed by atoms with van der Waals surface area (Å²) in [6.07, 6.45) is 0. The van der Waals surface area contributed by atoms with Crippen LogP contribution in [0.5, 0.6) is 5.75 Å². The van der Waals surface area contributed by atoms with Gasteiger partial charge >= 0.3 is 0 Å². The van der Waals surface area contributed by atoms with Gasteiger partial charge in [-0.05, 0) is 43.3 Å². The van der Waals surface area contributed by atoms with Crippen LogP contribution in [0.4, 0.5) is 11.4 Å². The molecule has 0 bridgehead atoms. The van der Waals surface area contributed by atoms with Gasteiger partial charge in [0.15, 0.2) is 5.37 Å². The zero-order valence-corrected chi connectivity index (χ0v) is 14.2. The van der Waals surface area contributed by atoms with E-state index in [0.29, 0.717) is 10.9 Å². The number of hydrogen-bond donors (Lipinski definition) is 1. The summed E-state index contributed by atoms with van der Waals surface area (Å²) < 4.78 is 5.97. The van der Waals surface area contributed by atoms with Gasteiger partial charge in [0, 0.05) is 5.69 Å². The first-order valence-corrected chi connectivity index (χ1v) is 8.57. The first-order chi connectivity index (χ1) is 11.2. The summed E-state index contributed by atoms with van der Waals surface area (Å²) >= 11 is 6.71. The van der Waals surface area contributed by atoms with Crippen molar-refractivity contribution in [1.82, 2.24) is 0 Å². The summed E-state index contributed by atoms with van der Waals surface area (Å²) in [7, 11) is 0. The van der Waals surface area contributed by atoms with E-state index in [0.717, 1.165) is 17.1 Å². The minimum absolute atomic E-state index is 0.0555. The standard InChI is InChI=1S/C17H16N2O2S2/c1-2-21-14-10-8-12(9-11-14)18-15-16(20)19(17(22)23-15)13-6-4-3-5-7-13/h3-11,15,18H,2H2,1H3. The number of anilines is 2. The fraction of sp³-hybridized carbons (Fsp3) is 0.176. The van der Waals surface area contributed by atoms with Crippen LogP contribution in [0.25, 0.3) is 0 Å². The highest BCUT2D eigenvalue weighted by molar-refractivity contribution is 8.25. The molecule has 1 amide bonds. The second kappa shape index (κ2) is 7.02. The lowest BCUT2D eigenvalue weighted by atomic mass is 10.3. The van der Waals surface area contributed by atoms with E-state index in [9.17, 15) is 4.79 Å². The molecule has 1 aliphatic heterocycles. The molecule has 0 spiro atoms. The van der Waals surface area contributed by atoms with E-state index < -0.39 is 5.37 Å². The molecule has 2 aromatic rings. The highest BCUT2D eigenvalue weighted by Gasteiger charge is 2.37. The van der Waals surface area contributed by atoms with E-state index >= 15 is 0 Å². The Labute approximate surface area is 144 Å². The Kier molecular flexibility index (Phi) is 4.83. The van der Waals surface area contributed by atoms with Gasteiger partial charge in [-0.3, -0.25) is 9.69 Å². The molecule has 6 heteroatoms. The highest BCUT2D eigenvalue weighted by atomic mass is 32.2. The summed E-state index contributed by atoms with van der Waals surface area (Å²) in [6.45, 7) is 2.57. The summed E-state index contributed by atoms with van der Waals surface area (Å²) in [4.78, 5) is 14.2. The van der Waals surface area contributed by atoms with E-state index in [-0.39, 0.29) is 5.91 Å². The van der Waals surface area contributed by atoms with Crippen LogP contribution >= 0.6 is 24.0 Å². The van der Waals surface area contributed by atoms with E-state index in [1.54, 1.807) is 4.90 Å². The van der Waals surface area contributed by atoms with Gasteiger partial charge in [0.25, 0.3) is 5.91 Å². The van der Waals surface area contributed by atoms with Crippen molar-refractivity contribution in [1.29, 1.82) is 0 Å². The SMILES string of the molecule is CCOc1ccc(NC2SC(=S)N(c3ccccc3)C2=O)cc1. The number of para-hydroxylation sites is 1. The van der Waals surface area contributed by atoms with E-state index in [2.05, 4.69) is 5.32 Å². The monoisotopic (exact) mass is 344 g/mol. The van der Waals surface area contributed by atoms with Crippen LogP contribution in [0.15, 0.2) is 54.6 Å². The van der Waals surface area contributed by atoms with Gasteiger partial charge in [0.05, 0.1) is 12.3 Å². The second-order valence-corrected chi connectivity index (χ2v) is 6.61. The molecule has 0 aliphatic carbocycles. The van der Waals surface area contributed by atoms with Crippen molar-refractivity contribution in [3.8, 4) is 5.75 Å². The van der Waals surface area contributed by atoms with E-state index in [4.69, 9.17) is 17.0 Å². The average Bonchev–Trinajstić information content (AvgIpc) is 2.84. The van der Waals surface area contributed by atoms with Crippen LogP contribution < -0.4 is 15.0 Å². The van der Waals surface area contributed by atoms with Gasteiger partial charge in [-0.25, -0.2) is 0 Å². The summed E-state index contributed by atoms with van der Waals surface area (Å²) in [6, 6.07) is 17.0. The maximum Gasteiger partial charge on any atom is 0.266 e. The molecule has 118 valence electrons. The molecule has 1 N–H and O–H groups in total. The summed E-state index contributed by atoms with van der Waals surface area (Å²) in [5.74, 6) is 0.755. The number of rotatable bonds is 5. The topological polar surface area (TPSA) is 41.6 Å². The number of amides is 1. The molecule has 3 rings (SSSR count). The van der Waals surface area contributed by atoms with Crippen LogP contribution in [-0.4, -0.2) is 22.2 Å². The third kappa shape index (κ3) is 3.48. The first-order valence-electron chi connectivity index (χ1n) is 7.28. The lowest BCUT2D eigenvalue weighted by molar-refractivity contribution is -0.116. The minimum atomic E-state index is -0.416. The van der Waals surface area contributed by atoms with Gasteiger partial charge in [-0.15, -0.1) is 0 Å². The maximum atomic E-state index is 12.6. The van der Waals surface area contributed by atoms with Crippen LogP contribution in [0.1, 0.15) is 6.92 Å². The van der Waals surface area contributed by atoms with Crippen molar-refractivity contribution < 1.29 is 9.53 Å². The second-order valence-electron chi connectivity index (χ2n) is 4.87. The number of thioether (sulfide) groups is 1. The maximum absolute atomic E-state index is 12.6. The molecular weight excluding hydrogens is 328 g/mol. The predicted molar refractivity (Wildman–Crippen MR) is 99.1 cm³/mol. The summed E-state index contributed by atoms with van der Waals surface area (Å²) in [5.41, 5.74) is 1.66. The number of thiocarbonyl (C=S) groups is 1. The van der Waals surface area contributed by atoms with Crippen molar-refractivity contribution >= 4 is 45.6 Å². The number of ether oxygens (including phenoxy) is 1. The number of nitrogens with zero attached hydrogens (tertiary/aromatic N) is 1. The quantitative estimate of drug-likeness (QED) is 0.834. The number of hydrogen-bond acceptors (Lipinski definition) is 5.